The molecule has 0 fully saturated rings. The van der Waals surface area contributed by atoms with Crippen molar-refractivity contribution in [2.75, 3.05) is 4.90 Å². The van der Waals surface area contributed by atoms with Gasteiger partial charge in [-0.15, -0.1) is 11.3 Å². The predicted octanol–water partition coefficient (Wildman–Crippen LogP) is 17.3. The fourth-order valence-corrected chi connectivity index (χ4v) is 10.8. The number of benzene rings is 10. The Morgan fingerprint density at radius 1 is 0.317 bits per heavy atom. The van der Waals surface area contributed by atoms with Gasteiger partial charge in [0.25, 0.3) is 0 Å². The molecule has 2 nitrogen and oxygen atoms in total. The maximum absolute atomic E-state index is 2.49. The van der Waals surface area contributed by atoms with E-state index in [-0.39, 0.29) is 0 Å². The zero-order valence-corrected chi connectivity index (χ0v) is 35.2. The Labute approximate surface area is 370 Å². The summed E-state index contributed by atoms with van der Waals surface area (Å²) in [5.74, 6) is 0. The number of anilines is 3. The van der Waals surface area contributed by atoms with Crippen molar-refractivity contribution >= 4 is 70.4 Å². The number of hydrogen-bond donors (Lipinski definition) is 0. The first-order chi connectivity index (χ1) is 31.3. The van der Waals surface area contributed by atoms with E-state index in [0.29, 0.717) is 0 Å². The molecule has 0 aliphatic carbocycles. The van der Waals surface area contributed by atoms with Crippen molar-refractivity contribution in [2.24, 2.45) is 0 Å². The van der Waals surface area contributed by atoms with Crippen LogP contribution in [0.2, 0.25) is 0 Å². The topological polar surface area (TPSA) is 8.17 Å². The third-order valence-corrected chi connectivity index (χ3v) is 13.7. The third kappa shape index (κ3) is 6.33. The highest BCUT2D eigenvalue weighted by Crippen LogP contribution is 2.47. The highest BCUT2D eigenvalue weighted by Gasteiger charge is 2.23. The molecular weight excluding hydrogens is 781 g/mol. The molecule has 3 heteroatoms. The average Bonchev–Trinajstić information content (AvgIpc) is 3.91. The number of rotatable bonds is 8. The van der Waals surface area contributed by atoms with Crippen LogP contribution >= 0.6 is 11.3 Å². The van der Waals surface area contributed by atoms with Gasteiger partial charge in [-0.3, -0.25) is 0 Å². The van der Waals surface area contributed by atoms with Crippen LogP contribution in [0.1, 0.15) is 0 Å². The predicted molar refractivity (Wildman–Crippen MR) is 270 cm³/mol. The first-order valence-electron chi connectivity index (χ1n) is 21.5. The largest absolute Gasteiger partial charge is 0.310 e. The monoisotopic (exact) mass is 820 g/mol. The Bertz CT molecular complexity index is 3620. The molecule has 0 saturated heterocycles. The fraction of sp³-hybridized carbons (Fsp3) is 0. The molecule has 0 atom stereocenters. The highest BCUT2D eigenvalue weighted by molar-refractivity contribution is 7.26. The van der Waals surface area contributed by atoms with Crippen LogP contribution in [0.5, 0.6) is 0 Å². The van der Waals surface area contributed by atoms with Crippen molar-refractivity contribution in [3.63, 3.8) is 0 Å². The van der Waals surface area contributed by atoms with Crippen molar-refractivity contribution in [2.45, 2.75) is 0 Å². The summed E-state index contributed by atoms with van der Waals surface area (Å²) < 4.78 is 5.11. The van der Waals surface area contributed by atoms with E-state index in [9.17, 15) is 0 Å². The van der Waals surface area contributed by atoms with E-state index in [1.807, 2.05) is 11.3 Å². The van der Waals surface area contributed by atoms with E-state index in [4.69, 9.17) is 0 Å². The zero-order valence-electron chi connectivity index (χ0n) is 34.4. The van der Waals surface area contributed by atoms with Gasteiger partial charge in [-0.2, -0.15) is 0 Å². The second-order valence-corrected chi connectivity index (χ2v) is 17.1. The molecule has 0 radical (unpaired) electrons. The molecule has 0 amide bonds. The van der Waals surface area contributed by atoms with E-state index < -0.39 is 0 Å². The first-order valence-corrected chi connectivity index (χ1v) is 22.3. The Morgan fingerprint density at radius 2 is 0.873 bits per heavy atom. The first kappa shape index (κ1) is 36.8. The second-order valence-electron chi connectivity index (χ2n) is 16.0. The van der Waals surface area contributed by atoms with Gasteiger partial charge in [0, 0.05) is 59.0 Å². The van der Waals surface area contributed by atoms with E-state index in [1.165, 1.54) is 75.4 Å². The van der Waals surface area contributed by atoms with E-state index >= 15 is 0 Å². The maximum Gasteiger partial charge on any atom is 0.0562 e. The Hall–Kier alpha value is -7.98. The molecule has 63 heavy (non-hydrogen) atoms. The molecule has 10 aromatic carbocycles. The lowest BCUT2D eigenvalue weighted by atomic mass is 9.93. The van der Waals surface area contributed by atoms with Gasteiger partial charge in [0.1, 0.15) is 0 Å². The Morgan fingerprint density at radius 3 is 1.68 bits per heavy atom. The minimum atomic E-state index is 1.08. The summed E-state index contributed by atoms with van der Waals surface area (Å²) in [7, 11) is 0. The van der Waals surface area contributed by atoms with Crippen LogP contribution in [-0.4, -0.2) is 4.57 Å². The van der Waals surface area contributed by atoms with Crippen LogP contribution in [0, 0.1) is 0 Å². The standard InChI is InChI=1S/C60H40N2S/c1-3-18-41(19-4-1)42-34-36-44(37-35-42)61(55-30-13-9-24-48(55)47-23-8-7-22-46(47)43-20-5-2-6-21-43)45-38-39-51-49-25-10-14-31-56(49)62(58(51)40-45)57-32-15-11-26-50(57)53-28-17-29-54-52-27-12-16-33-59(52)63-60(53)54/h1-40H. The van der Waals surface area contributed by atoms with E-state index in [0.717, 1.165) is 33.8 Å². The maximum atomic E-state index is 2.49. The molecule has 0 N–H and O–H groups in total. The lowest BCUT2D eigenvalue weighted by Crippen LogP contribution is -2.11. The molecule has 0 saturated carbocycles. The molecule has 2 aromatic heterocycles. The van der Waals surface area contributed by atoms with Crippen LogP contribution < -0.4 is 4.90 Å². The summed E-state index contributed by atoms with van der Waals surface area (Å²) in [4.78, 5) is 2.44. The number of para-hydroxylation sites is 3. The fourth-order valence-electron chi connectivity index (χ4n) is 9.56. The SMILES string of the molecule is c1ccc(-c2ccc(N(c3ccc4c5ccccc5n(-c5ccccc5-c5cccc6c5sc5ccccc56)c4c3)c3ccccc3-c3ccccc3-c3ccccc3)cc2)cc1. The smallest absolute Gasteiger partial charge is 0.0562 e. The third-order valence-electron chi connectivity index (χ3n) is 12.4. The van der Waals surface area contributed by atoms with Gasteiger partial charge >= 0.3 is 0 Å². The number of aromatic nitrogens is 1. The van der Waals surface area contributed by atoms with Gasteiger partial charge in [0.05, 0.1) is 22.4 Å². The molecule has 296 valence electrons. The van der Waals surface area contributed by atoms with Gasteiger partial charge in [-0.05, 0) is 76.3 Å². The quantitative estimate of drug-likeness (QED) is 0.148. The number of thiophene rings is 1. The van der Waals surface area contributed by atoms with Crippen LogP contribution in [0.3, 0.4) is 0 Å². The molecule has 2 heterocycles. The molecular formula is C60H40N2S. The molecule has 0 aliphatic rings. The van der Waals surface area contributed by atoms with E-state index in [2.05, 4.69) is 252 Å². The van der Waals surface area contributed by atoms with Crippen molar-refractivity contribution in [3.8, 4) is 50.2 Å². The Balaban J connectivity index is 1.10. The molecule has 12 rings (SSSR count). The van der Waals surface area contributed by atoms with Crippen molar-refractivity contribution < 1.29 is 0 Å². The Kier molecular flexibility index (Phi) is 9.06. The number of hydrogen-bond acceptors (Lipinski definition) is 2. The van der Waals surface area contributed by atoms with Gasteiger partial charge in [-0.25, -0.2) is 0 Å². The van der Waals surface area contributed by atoms with Gasteiger partial charge in [0.2, 0.25) is 0 Å². The summed E-state index contributed by atoms with van der Waals surface area (Å²) in [6.07, 6.45) is 0. The summed E-state index contributed by atoms with van der Waals surface area (Å²) in [6, 6.07) is 88.4. The van der Waals surface area contributed by atoms with Crippen LogP contribution in [-0.2, 0) is 0 Å². The molecule has 0 unspecified atom stereocenters. The minimum Gasteiger partial charge on any atom is -0.310 e. The molecule has 12 aromatic rings. The van der Waals surface area contributed by atoms with Crippen molar-refractivity contribution in [3.05, 3.63) is 243 Å². The van der Waals surface area contributed by atoms with E-state index in [1.54, 1.807) is 0 Å². The van der Waals surface area contributed by atoms with Gasteiger partial charge in [-0.1, -0.05) is 194 Å². The highest BCUT2D eigenvalue weighted by atomic mass is 32.1. The van der Waals surface area contributed by atoms with Crippen LogP contribution in [0.15, 0.2) is 243 Å². The normalized spacial score (nSPS) is 11.5. The molecule has 0 bridgehead atoms. The number of fused-ring (bicyclic) bond motifs is 6. The second kappa shape index (κ2) is 15.5. The van der Waals surface area contributed by atoms with Crippen LogP contribution in [0.25, 0.3) is 92.2 Å². The van der Waals surface area contributed by atoms with Crippen molar-refractivity contribution in [1.82, 2.24) is 4.57 Å². The minimum absolute atomic E-state index is 1.08. The zero-order chi connectivity index (χ0) is 41.7. The lowest BCUT2D eigenvalue weighted by molar-refractivity contribution is 1.18. The van der Waals surface area contributed by atoms with Crippen LogP contribution in [0.4, 0.5) is 17.1 Å². The summed E-state index contributed by atoms with van der Waals surface area (Å²) in [5, 5.41) is 5.05. The number of nitrogens with zero attached hydrogens (tertiary/aromatic N) is 2. The summed E-state index contributed by atoms with van der Waals surface area (Å²) >= 11 is 1.88. The summed E-state index contributed by atoms with van der Waals surface area (Å²) in [6.45, 7) is 0. The van der Waals surface area contributed by atoms with Gasteiger partial charge < -0.3 is 9.47 Å². The average molecular weight is 821 g/mol. The van der Waals surface area contributed by atoms with Crippen molar-refractivity contribution in [1.29, 1.82) is 0 Å². The molecule has 0 aliphatic heterocycles. The molecule has 0 spiro atoms. The lowest BCUT2D eigenvalue weighted by Gasteiger charge is -2.29. The summed E-state index contributed by atoms with van der Waals surface area (Å²) in [5.41, 5.74) is 16.3. The van der Waals surface area contributed by atoms with Gasteiger partial charge in [0.15, 0.2) is 0 Å².